The molecule has 0 radical (unpaired) electrons. The first-order valence-corrected chi connectivity index (χ1v) is 8.59. The van der Waals surface area contributed by atoms with Gasteiger partial charge in [0.15, 0.2) is 0 Å². The summed E-state index contributed by atoms with van der Waals surface area (Å²) in [5.74, 6) is 0.944. The molecule has 2 aromatic rings. The van der Waals surface area contributed by atoms with E-state index in [1.54, 1.807) is 23.8 Å². The number of nitrogens with two attached hydrogens (primary N) is 1. The van der Waals surface area contributed by atoms with Crippen LogP contribution in [0.25, 0.3) is 21.3 Å². The maximum Gasteiger partial charge on any atom is 0.251 e. The van der Waals surface area contributed by atoms with Crippen LogP contribution in [-0.4, -0.2) is 23.8 Å². The number of azide groups is 1. The molecule has 1 aliphatic rings. The van der Waals surface area contributed by atoms with Crippen molar-refractivity contribution in [1.82, 2.24) is 4.57 Å². The van der Waals surface area contributed by atoms with Crippen molar-refractivity contribution in [3.05, 3.63) is 51.1 Å². The van der Waals surface area contributed by atoms with Crippen LogP contribution in [0.1, 0.15) is 25.7 Å². The maximum absolute atomic E-state index is 12.5. The third-order valence-corrected chi connectivity index (χ3v) is 5.13. The Morgan fingerprint density at radius 2 is 2.04 bits per heavy atom. The van der Waals surface area contributed by atoms with Gasteiger partial charge in [-0.1, -0.05) is 5.11 Å². The molecule has 7 nitrogen and oxygen atoms in total. The number of hydrogen-bond acceptors (Lipinski definition) is 4. The molecule has 132 valence electrons. The molecule has 3 rings (SSSR count). The van der Waals surface area contributed by atoms with E-state index >= 15 is 0 Å². The summed E-state index contributed by atoms with van der Waals surface area (Å²) in [6, 6.07) is 8.96. The predicted octanol–water partition coefficient (Wildman–Crippen LogP) is 3.21. The van der Waals surface area contributed by atoms with Crippen LogP contribution in [0.2, 0.25) is 0 Å². The number of pyridine rings is 1. The van der Waals surface area contributed by atoms with Crippen LogP contribution in [0.15, 0.2) is 40.2 Å². The molecule has 1 atom stereocenters. The van der Waals surface area contributed by atoms with Gasteiger partial charge in [-0.2, -0.15) is 0 Å². The van der Waals surface area contributed by atoms with Crippen LogP contribution >= 0.6 is 0 Å². The number of fused-ring (bicyclic) bond motifs is 1. The summed E-state index contributed by atoms with van der Waals surface area (Å²) >= 11 is 0. The van der Waals surface area contributed by atoms with E-state index in [9.17, 15) is 4.79 Å². The summed E-state index contributed by atoms with van der Waals surface area (Å²) < 4.78 is 6.97. The van der Waals surface area contributed by atoms with Crippen molar-refractivity contribution in [2.24, 2.45) is 16.8 Å². The van der Waals surface area contributed by atoms with E-state index in [2.05, 4.69) is 10.0 Å². The zero-order valence-corrected chi connectivity index (χ0v) is 14.3. The minimum atomic E-state index is -0.257. The lowest BCUT2D eigenvalue weighted by molar-refractivity contribution is 0.266. The van der Waals surface area contributed by atoms with E-state index < -0.39 is 0 Å². The van der Waals surface area contributed by atoms with Crippen molar-refractivity contribution in [3.63, 3.8) is 0 Å². The third-order valence-electron chi connectivity index (χ3n) is 5.13. The lowest BCUT2D eigenvalue weighted by atomic mass is 9.82. The van der Waals surface area contributed by atoms with E-state index in [0.717, 1.165) is 36.6 Å². The van der Waals surface area contributed by atoms with Crippen molar-refractivity contribution in [2.75, 3.05) is 7.11 Å². The molecule has 2 N–H and O–H groups in total. The van der Waals surface area contributed by atoms with E-state index in [1.807, 2.05) is 18.2 Å². The van der Waals surface area contributed by atoms with E-state index in [0.29, 0.717) is 12.3 Å². The highest BCUT2D eigenvalue weighted by Crippen LogP contribution is 2.29. The second-order valence-corrected chi connectivity index (χ2v) is 6.65. The van der Waals surface area contributed by atoms with E-state index in [4.69, 9.17) is 16.0 Å². The van der Waals surface area contributed by atoms with Gasteiger partial charge in [-0.3, -0.25) is 4.79 Å². The van der Waals surface area contributed by atoms with Crippen LogP contribution in [0.5, 0.6) is 5.75 Å². The number of benzene rings is 1. The fraction of sp³-hybridized carbons (Fsp3) is 0.500. The Labute approximate surface area is 146 Å². The first kappa shape index (κ1) is 17.3. The number of hydrogen-bond donors (Lipinski definition) is 1. The van der Waals surface area contributed by atoms with Crippen LogP contribution in [0, 0.1) is 5.92 Å². The fourth-order valence-electron chi connectivity index (χ4n) is 3.65. The number of aromatic nitrogens is 1. The Morgan fingerprint density at radius 3 is 2.72 bits per heavy atom. The van der Waals surface area contributed by atoms with Crippen molar-refractivity contribution in [1.29, 1.82) is 0 Å². The molecule has 7 heteroatoms. The monoisotopic (exact) mass is 341 g/mol. The average Bonchev–Trinajstić information content (AvgIpc) is 2.63. The quantitative estimate of drug-likeness (QED) is 0.512. The molecule has 0 unspecified atom stereocenters. The Balaban J connectivity index is 1.97. The lowest BCUT2D eigenvalue weighted by Gasteiger charge is -2.30. The van der Waals surface area contributed by atoms with Gasteiger partial charge in [0.1, 0.15) is 5.75 Å². The molecular formula is C18H23N5O2. The predicted molar refractivity (Wildman–Crippen MR) is 97.6 cm³/mol. The molecule has 0 saturated heterocycles. The van der Waals surface area contributed by atoms with Gasteiger partial charge in [0.05, 0.1) is 18.7 Å². The summed E-state index contributed by atoms with van der Waals surface area (Å²) in [6.45, 7) is 0.368. The van der Waals surface area contributed by atoms with Crippen LogP contribution < -0.4 is 16.0 Å². The molecule has 1 aromatic carbocycles. The Bertz CT molecular complexity index is 848. The van der Waals surface area contributed by atoms with Crippen LogP contribution in [0.3, 0.4) is 0 Å². The topological polar surface area (TPSA) is 106 Å². The van der Waals surface area contributed by atoms with Gasteiger partial charge in [0.2, 0.25) is 0 Å². The van der Waals surface area contributed by atoms with E-state index in [1.165, 1.54) is 0 Å². The molecule has 1 aliphatic carbocycles. The highest BCUT2D eigenvalue weighted by molar-refractivity contribution is 5.80. The molecule has 1 heterocycles. The average molecular weight is 341 g/mol. The van der Waals surface area contributed by atoms with Gasteiger partial charge in [-0.25, -0.2) is 0 Å². The molecule has 25 heavy (non-hydrogen) atoms. The third kappa shape index (κ3) is 3.78. The zero-order valence-electron chi connectivity index (χ0n) is 14.3. The first-order valence-electron chi connectivity index (χ1n) is 8.59. The summed E-state index contributed by atoms with van der Waals surface area (Å²) in [5.41, 5.74) is 15.7. The number of rotatable bonds is 5. The van der Waals surface area contributed by atoms with E-state index in [-0.39, 0.29) is 23.6 Å². The van der Waals surface area contributed by atoms with Gasteiger partial charge < -0.3 is 15.0 Å². The van der Waals surface area contributed by atoms with Gasteiger partial charge in [-0.15, -0.1) is 0 Å². The smallest absolute Gasteiger partial charge is 0.251 e. The Morgan fingerprint density at radius 1 is 1.32 bits per heavy atom. The molecule has 1 aromatic heterocycles. The van der Waals surface area contributed by atoms with Crippen molar-refractivity contribution < 1.29 is 4.74 Å². The minimum absolute atomic E-state index is 0.105. The minimum Gasteiger partial charge on any atom is -0.497 e. The molecule has 0 amide bonds. The van der Waals surface area contributed by atoms with Gasteiger partial charge in [-0.05, 0) is 60.7 Å². The van der Waals surface area contributed by atoms with Crippen LogP contribution in [-0.2, 0) is 6.54 Å². The second-order valence-electron chi connectivity index (χ2n) is 6.65. The summed E-state index contributed by atoms with van der Waals surface area (Å²) in [7, 11) is 1.60. The van der Waals surface area contributed by atoms with Gasteiger partial charge in [0.25, 0.3) is 5.56 Å². The highest BCUT2D eigenvalue weighted by Gasteiger charge is 2.26. The van der Waals surface area contributed by atoms with Gasteiger partial charge in [0, 0.05) is 29.6 Å². The second kappa shape index (κ2) is 7.59. The maximum atomic E-state index is 12.5. The SMILES string of the molecule is COc1ccc2ccc(=O)n(C[C@@H](N=[N+]=[N-])C3CCC(N)CC3)c2c1. The molecule has 0 bridgehead atoms. The number of ether oxygens (including phenoxy) is 1. The van der Waals surface area contributed by atoms with Crippen molar-refractivity contribution in [2.45, 2.75) is 44.3 Å². The van der Waals surface area contributed by atoms with Gasteiger partial charge >= 0.3 is 0 Å². The highest BCUT2D eigenvalue weighted by atomic mass is 16.5. The van der Waals surface area contributed by atoms with Crippen LogP contribution in [0.4, 0.5) is 0 Å². The molecule has 0 aliphatic heterocycles. The fourth-order valence-corrected chi connectivity index (χ4v) is 3.65. The Kier molecular flexibility index (Phi) is 5.26. The molecule has 0 spiro atoms. The van der Waals surface area contributed by atoms with Crippen molar-refractivity contribution >= 4 is 10.9 Å². The largest absolute Gasteiger partial charge is 0.497 e. The molecule has 1 saturated carbocycles. The number of methoxy groups -OCH3 is 1. The Hall–Kier alpha value is -2.50. The number of nitrogens with zero attached hydrogens (tertiary/aromatic N) is 4. The lowest BCUT2D eigenvalue weighted by Crippen LogP contribution is -2.35. The van der Waals surface area contributed by atoms with Crippen molar-refractivity contribution in [3.8, 4) is 5.75 Å². The summed E-state index contributed by atoms with van der Waals surface area (Å²) in [5, 5.41) is 4.96. The summed E-state index contributed by atoms with van der Waals surface area (Å²) in [4.78, 5) is 15.5. The summed E-state index contributed by atoms with van der Waals surface area (Å²) in [6.07, 6.45) is 3.71. The molecular weight excluding hydrogens is 318 g/mol. The first-order chi connectivity index (χ1) is 12.1. The normalized spacial score (nSPS) is 21.5. The zero-order chi connectivity index (χ0) is 17.8. The molecule has 1 fully saturated rings. The standard InChI is InChI=1S/C18H23N5O2/c1-25-15-8-4-13-5-9-18(24)23(17(13)10-15)11-16(21-22-20)12-2-6-14(19)7-3-12/h4-5,8-10,12,14,16H,2-3,6-7,11,19H2,1H3/t12?,14?,16-/m1/s1.